The molecule has 0 aliphatic heterocycles. The summed E-state index contributed by atoms with van der Waals surface area (Å²) in [4.78, 5) is 0. The summed E-state index contributed by atoms with van der Waals surface area (Å²) in [5.74, 6) is -0.258. The smallest absolute Gasteiger partial charge is 0.127 e. The van der Waals surface area contributed by atoms with Crippen LogP contribution in [0.2, 0.25) is 0 Å². The number of hydrogen-bond donors (Lipinski definition) is 1. The minimum Gasteiger partial charge on any atom is -0.395 e. The predicted molar refractivity (Wildman–Crippen MR) is 75.7 cm³/mol. The number of hydrogen-bond acceptors (Lipinski definition) is 1. The molecule has 19 heavy (non-hydrogen) atoms. The van der Waals surface area contributed by atoms with Crippen LogP contribution in [0, 0.1) is 12.7 Å². The third-order valence-corrected chi connectivity index (χ3v) is 3.59. The third-order valence-electron chi connectivity index (χ3n) is 3.59. The van der Waals surface area contributed by atoms with Crippen LogP contribution in [0.1, 0.15) is 23.6 Å². The van der Waals surface area contributed by atoms with Gasteiger partial charge in [0.15, 0.2) is 0 Å². The first-order chi connectivity index (χ1) is 9.05. The molecule has 1 N–H and O–H groups in total. The van der Waals surface area contributed by atoms with E-state index in [1.54, 1.807) is 12.1 Å². The Labute approximate surface area is 113 Å². The van der Waals surface area contributed by atoms with Gasteiger partial charge in [0, 0.05) is 5.41 Å². The minimum atomic E-state index is -0.597. The zero-order valence-electron chi connectivity index (χ0n) is 11.4. The fourth-order valence-corrected chi connectivity index (χ4v) is 2.34. The molecule has 0 fully saturated rings. The maximum Gasteiger partial charge on any atom is 0.127 e. The molecule has 2 rings (SSSR count). The maximum absolute atomic E-state index is 13.9. The summed E-state index contributed by atoms with van der Waals surface area (Å²) in [6.45, 7) is 3.85. The zero-order chi connectivity index (χ0) is 13.9. The fourth-order valence-electron chi connectivity index (χ4n) is 2.34. The average Bonchev–Trinajstić information content (AvgIpc) is 2.42. The highest BCUT2D eigenvalue weighted by Crippen LogP contribution is 2.29. The lowest BCUT2D eigenvalue weighted by atomic mass is 9.77. The molecule has 2 aromatic rings. The number of benzene rings is 2. The van der Waals surface area contributed by atoms with Gasteiger partial charge >= 0.3 is 0 Å². The van der Waals surface area contributed by atoms with E-state index < -0.39 is 5.41 Å². The Kier molecular flexibility index (Phi) is 4.01. The van der Waals surface area contributed by atoms with Crippen molar-refractivity contribution in [3.05, 3.63) is 71.0 Å². The standard InChI is InChI=1S/C17H19FO/c1-13-7-9-14(10-8-13)11-17(2,12-19)15-5-3-4-6-16(15)18/h3-10,19H,11-12H2,1-2H3. The van der Waals surface area contributed by atoms with Gasteiger partial charge < -0.3 is 5.11 Å². The number of aliphatic hydroxyl groups excluding tert-OH is 1. The second-order valence-electron chi connectivity index (χ2n) is 5.36. The Morgan fingerprint density at radius 3 is 2.26 bits per heavy atom. The molecule has 0 spiro atoms. The van der Waals surface area contributed by atoms with Crippen LogP contribution < -0.4 is 0 Å². The van der Waals surface area contributed by atoms with Crippen LogP contribution in [0.4, 0.5) is 4.39 Å². The van der Waals surface area contributed by atoms with Gasteiger partial charge in [0.2, 0.25) is 0 Å². The SMILES string of the molecule is Cc1ccc(CC(C)(CO)c2ccccc2F)cc1. The number of halogens is 1. The van der Waals surface area contributed by atoms with Crippen molar-refractivity contribution in [2.45, 2.75) is 25.7 Å². The van der Waals surface area contributed by atoms with Crippen molar-refractivity contribution < 1.29 is 9.50 Å². The highest BCUT2D eigenvalue weighted by Gasteiger charge is 2.28. The molecule has 0 aliphatic carbocycles. The summed E-state index contributed by atoms with van der Waals surface area (Å²) >= 11 is 0. The van der Waals surface area contributed by atoms with Crippen LogP contribution in [0.5, 0.6) is 0 Å². The molecular formula is C17H19FO. The molecule has 1 atom stereocenters. The van der Waals surface area contributed by atoms with Crippen molar-refractivity contribution in [2.24, 2.45) is 0 Å². The van der Waals surface area contributed by atoms with Crippen LogP contribution in [0.15, 0.2) is 48.5 Å². The molecule has 1 unspecified atom stereocenters. The van der Waals surface area contributed by atoms with Gasteiger partial charge in [-0.3, -0.25) is 0 Å². The molecule has 0 amide bonds. The van der Waals surface area contributed by atoms with E-state index in [1.165, 1.54) is 11.6 Å². The van der Waals surface area contributed by atoms with E-state index in [2.05, 4.69) is 0 Å². The fraction of sp³-hybridized carbons (Fsp3) is 0.294. The third kappa shape index (κ3) is 3.02. The van der Waals surface area contributed by atoms with Gasteiger partial charge in [-0.25, -0.2) is 4.39 Å². The van der Waals surface area contributed by atoms with E-state index in [9.17, 15) is 9.50 Å². The van der Waals surface area contributed by atoms with E-state index in [-0.39, 0.29) is 12.4 Å². The molecule has 2 heteroatoms. The van der Waals surface area contributed by atoms with Crippen LogP contribution >= 0.6 is 0 Å². The van der Waals surface area contributed by atoms with E-state index in [0.29, 0.717) is 12.0 Å². The lowest BCUT2D eigenvalue weighted by molar-refractivity contribution is 0.201. The Bertz CT molecular complexity index is 547. The molecule has 100 valence electrons. The molecule has 2 aromatic carbocycles. The maximum atomic E-state index is 13.9. The lowest BCUT2D eigenvalue weighted by Gasteiger charge is -2.28. The molecule has 0 bridgehead atoms. The van der Waals surface area contributed by atoms with Crippen molar-refractivity contribution in [3.63, 3.8) is 0 Å². The van der Waals surface area contributed by atoms with Crippen molar-refractivity contribution in [3.8, 4) is 0 Å². The van der Waals surface area contributed by atoms with Gasteiger partial charge in [-0.05, 0) is 30.5 Å². The number of aryl methyl sites for hydroxylation is 1. The monoisotopic (exact) mass is 258 g/mol. The van der Waals surface area contributed by atoms with Crippen LogP contribution in [0.25, 0.3) is 0 Å². The second-order valence-corrected chi connectivity index (χ2v) is 5.36. The molecule has 0 saturated carbocycles. The second kappa shape index (κ2) is 5.54. The molecule has 0 aliphatic rings. The largest absolute Gasteiger partial charge is 0.395 e. The first kappa shape index (κ1) is 13.8. The quantitative estimate of drug-likeness (QED) is 0.888. The Hall–Kier alpha value is -1.67. The summed E-state index contributed by atoms with van der Waals surface area (Å²) in [5, 5.41) is 9.71. The van der Waals surface area contributed by atoms with Crippen LogP contribution in [-0.2, 0) is 11.8 Å². The summed E-state index contributed by atoms with van der Waals surface area (Å²) in [6, 6.07) is 14.8. The Morgan fingerprint density at radius 2 is 1.68 bits per heavy atom. The van der Waals surface area contributed by atoms with Crippen molar-refractivity contribution in [2.75, 3.05) is 6.61 Å². The Balaban J connectivity index is 2.33. The summed E-state index contributed by atoms with van der Waals surface area (Å²) in [6.07, 6.45) is 0.616. The first-order valence-electron chi connectivity index (χ1n) is 6.46. The van der Waals surface area contributed by atoms with E-state index >= 15 is 0 Å². The molecule has 0 radical (unpaired) electrons. The van der Waals surface area contributed by atoms with Gasteiger partial charge in [-0.2, -0.15) is 0 Å². The highest BCUT2D eigenvalue weighted by molar-refractivity contribution is 5.31. The zero-order valence-corrected chi connectivity index (χ0v) is 11.4. The van der Waals surface area contributed by atoms with Gasteiger partial charge in [0.1, 0.15) is 5.82 Å². The van der Waals surface area contributed by atoms with Gasteiger partial charge in [-0.1, -0.05) is 55.0 Å². The molecule has 0 heterocycles. The van der Waals surface area contributed by atoms with E-state index in [4.69, 9.17) is 0 Å². The molecular weight excluding hydrogens is 239 g/mol. The Morgan fingerprint density at radius 1 is 1.05 bits per heavy atom. The molecule has 0 aromatic heterocycles. The first-order valence-corrected chi connectivity index (χ1v) is 6.46. The topological polar surface area (TPSA) is 20.2 Å². The van der Waals surface area contributed by atoms with E-state index in [0.717, 1.165) is 5.56 Å². The van der Waals surface area contributed by atoms with Gasteiger partial charge in [-0.15, -0.1) is 0 Å². The normalized spacial score (nSPS) is 14.1. The van der Waals surface area contributed by atoms with Gasteiger partial charge in [0.05, 0.1) is 6.61 Å². The van der Waals surface area contributed by atoms with Crippen LogP contribution in [-0.4, -0.2) is 11.7 Å². The molecule has 0 saturated heterocycles. The number of rotatable bonds is 4. The number of aliphatic hydroxyl groups is 1. The summed E-state index contributed by atoms with van der Waals surface area (Å²) in [5.41, 5.74) is 2.27. The van der Waals surface area contributed by atoms with Crippen molar-refractivity contribution in [1.82, 2.24) is 0 Å². The average molecular weight is 258 g/mol. The van der Waals surface area contributed by atoms with Crippen molar-refractivity contribution >= 4 is 0 Å². The van der Waals surface area contributed by atoms with E-state index in [1.807, 2.05) is 44.2 Å². The molecule has 1 nitrogen and oxygen atoms in total. The highest BCUT2D eigenvalue weighted by atomic mass is 19.1. The summed E-state index contributed by atoms with van der Waals surface area (Å²) in [7, 11) is 0. The van der Waals surface area contributed by atoms with Gasteiger partial charge in [0.25, 0.3) is 0 Å². The minimum absolute atomic E-state index is 0.0815. The predicted octanol–water partition coefficient (Wildman–Crippen LogP) is 3.63. The summed E-state index contributed by atoms with van der Waals surface area (Å²) < 4.78 is 13.9. The lowest BCUT2D eigenvalue weighted by Crippen LogP contribution is -2.30. The van der Waals surface area contributed by atoms with Crippen LogP contribution in [0.3, 0.4) is 0 Å². The van der Waals surface area contributed by atoms with Crippen molar-refractivity contribution in [1.29, 1.82) is 0 Å².